The van der Waals surface area contributed by atoms with Crippen LogP contribution in [-0.4, -0.2) is 33.0 Å². The smallest absolute Gasteiger partial charge is 0.241 e. The van der Waals surface area contributed by atoms with E-state index in [0.29, 0.717) is 23.4 Å². The Morgan fingerprint density at radius 3 is 2.80 bits per heavy atom. The van der Waals surface area contributed by atoms with E-state index in [1.165, 1.54) is 0 Å². The minimum atomic E-state index is -3.49. The lowest BCUT2D eigenvalue weighted by atomic mass is 10.2. The highest BCUT2D eigenvalue weighted by molar-refractivity contribution is 7.89. The minimum absolute atomic E-state index is 0.299. The molecule has 1 aromatic heterocycles. The molecule has 0 spiro atoms. The minimum Gasteiger partial charge on any atom is -0.315 e. The highest BCUT2D eigenvalue weighted by Gasteiger charge is 2.16. The fourth-order valence-electron chi connectivity index (χ4n) is 1.98. The summed E-state index contributed by atoms with van der Waals surface area (Å²) < 4.78 is 27.3. The number of nitrogens with zero attached hydrogens (tertiary/aromatic N) is 1. The maximum Gasteiger partial charge on any atom is 0.241 e. The standard InChI is InChI=1S/C14H19N3O2S/c1-2-7-15-9-10-17-20(18,19)14-5-3-4-12-11-16-8-6-13(12)14/h3-6,8,11,15,17H,2,7,9-10H2,1H3. The van der Waals surface area contributed by atoms with Gasteiger partial charge in [-0.1, -0.05) is 19.1 Å². The number of hydrogen-bond acceptors (Lipinski definition) is 4. The number of hydrogen-bond donors (Lipinski definition) is 2. The molecule has 1 heterocycles. The summed E-state index contributed by atoms with van der Waals surface area (Å²) in [6.45, 7) is 3.96. The summed E-state index contributed by atoms with van der Waals surface area (Å²) in [6.07, 6.45) is 4.30. The number of nitrogens with one attached hydrogen (secondary N) is 2. The van der Waals surface area contributed by atoms with Crippen molar-refractivity contribution >= 4 is 20.8 Å². The second-order valence-electron chi connectivity index (χ2n) is 4.50. The summed E-state index contributed by atoms with van der Waals surface area (Å²) in [6, 6.07) is 6.92. The summed E-state index contributed by atoms with van der Waals surface area (Å²) in [5.41, 5.74) is 0. The Balaban J connectivity index is 2.15. The van der Waals surface area contributed by atoms with Crippen molar-refractivity contribution in [3.05, 3.63) is 36.7 Å². The Hall–Kier alpha value is -1.50. The number of fused-ring (bicyclic) bond motifs is 1. The average molecular weight is 293 g/mol. The lowest BCUT2D eigenvalue weighted by molar-refractivity contribution is 0.576. The molecule has 0 fully saturated rings. The van der Waals surface area contributed by atoms with E-state index in [1.807, 2.05) is 6.07 Å². The van der Waals surface area contributed by atoms with Gasteiger partial charge in [-0.3, -0.25) is 4.98 Å². The molecule has 0 aliphatic carbocycles. The molecule has 6 heteroatoms. The third kappa shape index (κ3) is 3.53. The van der Waals surface area contributed by atoms with Crippen molar-refractivity contribution in [2.45, 2.75) is 18.2 Å². The fourth-order valence-corrected chi connectivity index (χ4v) is 3.24. The van der Waals surface area contributed by atoms with Gasteiger partial charge in [-0.25, -0.2) is 13.1 Å². The van der Waals surface area contributed by atoms with E-state index < -0.39 is 10.0 Å². The Morgan fingerprint density at radius 2 is 2.00 bits per heavy atom. The molecule has 0 amide bonds. The van der Waals surface area contributed by atoms with Crippen LogP contribution in [0.1, 0.15) is 13.3 Å². The zero-order valence-corrected chi connectivity index (χ0v) is 12.3. The molecule has 0 saturated carbocycles. The van der Waals surface area contributed by atoms with Gasteiger partial charge >= 0.3 is 0 Å². The van der Waals surface area contributed by atoms with Crippen molar-refractivity contribution in [3.8, 4) is 0 Å². The Morgan fingerprint density at radius 1 is 1.15 bits per heavy atom. The highest BCUT2D eigenvalue weighted by Crippen LogP contribution is 2.21. The van der Waals surface area contributed by atoms with Crippen molar-refractivity contribution in [2.75, 3.05) is 19.6 Å². The molecule has 1 aromatic carbocycles. The highest BCUT2D eigenvalue weighted by atomic mass is 32.2. The fraction of sp³-hybridized carbons (Fsp3) is 0.357. The molecule has 2 aromatic rings. The molecule has 108 valence electrons. The Kier molecular flexibility index (Phi) is 5.05. The van der Waals surface area contributed by atoms with E-state index in [2.05, 4.69) is 21.9 Å². The lowest BCUT2D eigenvalue weighted by Crippen LogP contribution is -2.32. The molecule has 0 bridgehead atoms. The van der Waals surface area contributed by atoms with Crippen molar-refractivity contribution in [1.82, 2.24) is 15.0 Å². The predicted molar refractivity (Wildman–Crippen MR) is 80.1 cm³/mol. The molecule has 5 nitrogen and oxygen atoms in total. The molecule has 20 heavy (non-hydrogen) atoms. The third-order valence-corrected chi connectivity index (χ3v) is 4.47. The lowest BCUT2D eigenvalue weighted by Gasteiger charge is -2.09. The van der Waals surface area contributed by atoms with Crippen LogP contribution in [0.5, 0.6) is 0 Å². The molecule has 0 atom stereocenters. The van der Waals surface area contributed by atoms with Gasteiger partial charge in [0.1, 0.15) is 0 Å². The zero-order valence-electron chi connectivity index (χ0n) is 11.5. The second-order valence-corrected chi connectivity index (χ2v) is 6.24. The van der Waals surface area contributed by atoms with Crippen molar-refractivity contribution < 1.29 is 8.42 Å². The monoisotopic (exact) mass is 293 g/mol. The van der Waals surface area contributed by atoms with Gasteiger partial charge in [0.05, 0.1) is 4.90 Å². The number of sulfonamides is 1. The maximum atomic E-state index is 12.3. The van der Waals surface area contributed by atoms with Crippen LogP contribution in [0, 0.1) is 0 Å². The van der Waals surface area contributed by atoms with Gasteiger partial charge in [0.25, 0.3) is 0 Å². The first-order valence-corrected chi connectivity index (χ1v) is 8.16. The van der Waals surface area contributed by atoms with E-state index in [-0.39, 0.29) is 0 Å². The number of rotatable bonds is 7. The van der Waals surface area contributed by atoms with Gasteiger partial charge in [-0.2, -0.15) is 0 Å². The van der Waals surface area contributed by atoms with Crippen molar-refractivity contribution in [1.29, 1.82) is 0 Å². The van der Waals surface area contributed by atoms with Crippen LogP contribution >= 0.6 is 0 Å². The van der Waals surface area contributed by atoms with Crippen LogP contribution in [0.3, 0.4) is 0 Å². The molecule has 0 aliphatic rings. The summed E-state index contributed by atoms with van der Waals surface area (Å²) in [7, 11) is -3.49. The molecule has 0 saturated heterocycles. The molecule has 0 unspecified atom stereocenters. The van der Waals surface area contributed by atoms with Crippen molar-refractivity contribution in [3.63, 3.8) is 0 Å². The maximum absolute atomic E-state index is 12.3. The summed E-state index contributed by atoms with van der Waals surface area (Å²) in [5.74, 6) is 0. The van der Waals surface area contributed by atoms with Gasteiger partial charge in [0, 0.05) is 36.3 Å². The SMILES string of the molecule is CCCNCCNS(=O)(=O)c1cccc2cnccc12. The molecular formula is C14H19N3O2S. The van der Waals surface area contributed by atoms with Crippen LogP contribution in [0.2, 0.25) is 0 Å². The van der Waals surface area contributed by atoms with Gasteiger partial charge in [-0.05, 0) is 25.1 Å². The molecule has 2 N–H and O–H groups in total. The van der Waals surface area contributed by atoms with Crippen LogP contribution in [0.4, 0.5) is 0 Å². The second kappa shape index (κ2) is 6.78. The van der Waals surface area contributed by atoms with Gasteiger partial charge in [0.15, 0.2) is 0 Å². The van der Waals surface area contributed by atoms with E-state index in [9.17, 15) is 8.42 Å². The van der Waals surface area contributed by atoms with Crippen LogP contribution in [-0.2, 0) is 10.0 Å². The number of benzene rings is 1. The van der Waals surface area contributed by atoms with E-state index in [4.69, 9.17) is 0 Å². The molecular weight excluding hydrogens is 274 g/mol. The predicted octanol–water partition coefficient (Wildman–Crippen LogP) is 1.51. The average Bonchev–Trinajstić information content (AvgIpc) is 2.46. The summed E-state index contributed by atoms with van der Waals surface area (Å²) in [4.78, 5) is 4.31. The largest absolute Gasteiger partial charge is 0.315 e. The topological polar surface area (TPSA) is 71.1 Å². The van der Waals surface area contributed by atoms with Crippen LogP contribution < -0.4 is 10.0 Å². The zero-order chi connectivity index (χ0) is 14.4. The first kappa shape index (κ1) is 14.9. The molecule has 0 aliphatic heterocycles. The van der Waals surface area contributed by atoms with E-state index in [1.54, 1.807) is 30.6 Å². The first-order valence-electron chi connectivity index (χ1n) is 6.68. The van der Waals surface area contributed by atoms with Crippen LogP contribution in [0.15, 0.2) is 41.6 Å². The molecule has 0 radical (unpaired) electrons. The third-order valence-electron chi connectivity index (χ3n) is 2.95. The Bertz CT molecular complexity index is 666. The first-order chi connectivity index (χ1) is 9.65. The van der Waals surface area contributed by atoms with E-state index in [0.717, 1.165) is 18.4 Å². The normalized spacial score (nSPS) is 11.8. The van der Waals surface area contributed by atoms with Crippen molar-refractivity contribution in [2.24, 2.45) is 0 Å². The summed E-state index contributed by atoms with van der Waals surface area (Å²) >= 11 is 0. The van der Waals surface area contributed by atoms with Gasteiger partial charge in [0.2, 0.25) is 10.0 Å². The quantitative estimate of drug-likeness (QED) is 0.759. The van der Waals surface area contributed by atoms with Crippen LogP contribution in [0.25, 0.3) is 10.8 Å². The molecule has 2 rings (SSSR count). The summed E-state index contributed by atoms with van der Waals surface area (Å²) in [5, 5.41) is 4.67. The number of aromatic nitrogens is 1. The number of pyridine rings is 1. The Labute approximate surface area is 119 Å². The van der Waals surface area contributed by atoms with Gasteiger partial charge in [-0.15, -0.1) is 0 Å². The van der Waals surface area contributed by atoms with E-state index >= 15 is 0 Å². The van der Waals surface area contributed by atoms with Gasteiger partial charge < -0.3 is 5.32 Å².